The molecule has 3 atom stereocenters. The Bertz CT molecular complexity index is 1010. The van der Waals surface area contributed by atoms with E-state index in [1.165, 1.54) is 0 Å². The molecule has 0 spiro atoms. The van der Waals surface area contributed by atoms with E-state index < -0.39 is 24.1 Å². The molecule has 1 fully saturated rings. The Morgan fingerprint density at radius 3 is 2.42 bits per heavy atom. The number of likely N-dealkylation sites (tertiary alicyclic amines) is 1. The highest BCUT2D eigenvalue weighted by Gasteiger charge is 2.37. The lowest BCUT2D eigenvalue weighted by atomic mass is 9.85. The van der Waals surface area contributed by atoms with E-state index in [9.17, 15) is 19.5 Å². The van der Waals surface area contributed by atoms with Crippen molar-refractivity contribution in [3.63, 3.8) is 0 Å². The Labute approximate surface area is 192 Å². The van der Waals surface area contributed by atoms with Crippen LogP contribution in [-0.2, 0) is 16.1 Å². The van der Waals surface area contributed by atoms with Crippen molar-refractivity contribution in [3.8, 4) is 0 Å². The average molecular weight is 452 g/mol. The lowest BCUT2D eigenvalue weighted by molar-refractivity contribution is -0.132. The number of carbonyl (C=O) groups is 3. The number of amidine groups is 1. The molecule has 6 N–H and O–H groups in total. The summed E-state index contributed by atoms with van der Waals surface area (Å²) in [5, 5.41) is 22.4. The van der Waals surface area contributed by atoms with Crippen LogP contribution in [0.25, 0.3) is 0 Å². The molecule has 2 aromatic carbocycles. The summed E-state index contributed by atoms with van der Waals surface area (Å²) in [4.78, 5) is 38.3. The van der Waals surface area contributed by atoms with E-state index in [4.69, 9.17) is 11.1 Å². The molecule has 9 nitrogen and oxygen atoms in total. The van der Waals surface area contributed by atoms with Gasteiger partial charge >= 0.3 is 6.09 Å². The third kappa shape index (κ3) is 6.09. The molecule has 2 aromatic rings. The van der Waals surface area contributed by atoms with Crippen molar-refractivity contribution in [2.75, 3.05) is 6.54 Å². The quantitative estimate of drug-likeness (QED) is 0.323. The Morgan fingerprint density at radius 1 is 1.15 bits per heavy atom. The number of rotatable bonds is 7. The predicted molar refractivity (Wildman–Crippen MR) is 124 cm³/mol. The van der Waals surface area contributed by atoms with Crippen LogP contribution in [0.15, 0.2) is 54.6 Å². The van der Waals surface area contributed by atoms with Crippen molar-refractivity contribution in [1.29, 1.82) is 5.41 Å². The van der Waals surface area contributed by atoms with Crippen molar-refractivity contribution in [2.24, 2.45) is 5.73 Å². The van der Waals surface area contributed by atoms with Gasteiger partial charge in [0.25, 0.3) is 0 Å². The minimum Gasteiger partial charge on any atom is -0.465 e. The molecule has 0 aliphatic carbocycles. The molecule has 0 radical (unpaired) electrons. The largest absolute Gasteiger partial charge is 0.465 e. The highest BCUT2D eigenvalue weighted by molar-refractivity contribution is 5.95. The third-order valence-electron chi connectivity index (χ3n) is 5.91. The number of benzene rings is 2. The van der Waals surface area contributed by atoms with Gasteiger partial charge in [-0.1, -0.05) is 54.6 Å². The number of carboxylic acid groups (broad SMARTS) is 1. The second-order valence-corrected chi connectivity index (χ2v) is 8.18. The van der Waals surface area contributed by atoms with E-state index in [-0.39, 0.29) is 30.8 Å². The highest BCUT2D eigenvalue weighted by atomic mass is 16.4. The van der Waals surface area contributed by atoms with E-state index in [1.54, 1.807) is 31.2 Å². The standard InChI is InChI=1S/C24H29N5O4/c1-15(22(30)27-14-16-7-9-18(10-8-16)21(25)26)28-23(31)20-13-19(11-12-29(20)24(32)33)17-5-3-2-4-6-17/h2-10,15,19-20H,11-14H2,1H3,(H3,25,26)(H,27,30)(H,28,31)(H,32,33)/t15-,19-,20+/m0/s1. The number of nitrogens with zero attached hydrogens (tertiary/aromatic N) is 1. The molecule has 1 aliphatic rings. The summed E-state index contributed by atoms with van der Waals surface area (Å²) in [6.07, 6.45) is -0.148. The summed E-state index contributed by atoms with van der Waals surface area (Å²) in [6.45, 7) is 2.07. The number of amides is 3. The number of hydrogen-bond donors (Lipinski definition) is 5. The van der Waals surface area contributed by atoms with E-state index in [0.717, 1.165) is 16.0 Å². The maximum absolute atomic E-state index is 13.0. The third-order valence-corrected chi connectivity index (χ3v) is 5.91. The first kappa shape index (κ1) is 23.8. The number of piperidine rings is 1. The molecule has 0 aromatic heterocycles. The highest BCUT2D eigenvalue weighted by Crippen LogP contribution is 2.31. The Balaban J connectivity index is 1.59. The van der Waals surface area contributed by atoms with Crippen LogP contribution >= 0.6 is 0 Å². The maximum Gasteiger partial charge on any atom is 0.407 e. The summed E-state index contributed by atoms with van der Waals surface area (Å²) in [7, 11) is 0. The van der Waals surface area contributed by atoms with Crippen LogP contribution in [-0.4, -0.2) is 52.4 Å². The van der Waals surface area contributed by atoms with Gasteiger partial charge in [0.1, 0.15) is 17.9 Å². The molecule has 0 unspecified atom stereocenters. The van der Waals surface area contributed by atoms with Crippen LogP contribution in [0.5, 0.6) is 0 Å². The number of hydrogen-bond acceptors (Lipinski definition) is 4. The molecule has 33 heavy (non-hydrogen) atoms. The Kier molecular flexibility index (Phi) is 7.66. The summed E-state index contributed by atoms with van der Waals surface area (Å²) >= 11 is 0. The van der Waals surface area contributed by atoms with Crippen molar-refractivity contribution in [1.82, 2.24) is 15.5 Å². The Hall–Kier alpha value is -3.88. The normalized spacial score (nSPS) is 18.8. The van der Waals surface area contributed by atoms with Gasteiger partial charge in [-0.15, -0.1) is 0 Å². The zero-order chi connectivity index (χ0) is 24.0. The SMILES string of the molecule is C[C@H](NC(=O)[C@H]1C[C@@H](c2ccccc2)CCN1C(=O)O)C(=O)NCc1ccc(C(=N)N)cc1. The second kappa shape index (κ2) is 10.6. The lowest BCUT2D eigenvalue weighted by Crippen LogP contribution is -2.56. The molecule has 1 saturated heterocycles. The molecule has 1 aliphatic heterocycles. The first-order chi connectivity index (χ1) is 15.8. The van der Waals surface area contributed by atoms with Gasteiger partial charge in [0.05, 0.1) is 0 Å². The van der Waals surface area contributed by atoms with Crippen LogP contribution in [0.4, 0.5) is 4.79 Å². The van der Waals surface area contributed by atoms with Gasteiger partial charge in [-0.3, -0.25) is 19.9 Å². The van der Waals surface area contributed by atoms with Crippen LogP contribution in [0, 0.1) is 5.41 Å². The van der Waals surface area contributed by atoms with Crippen LogP contribution in [0.3, 0.4) is 0 Å². The molecule has 0 bridgehead atoms. The molecule has 1 heterocycles. The Morgan fingerprint density at radius 2 is 1.82 bits per heavy atom. The van der Waals surface area contributed by atoms with Crippen LogP contribution in [0.1, 0.15) is 42.4 Å². The zero-order valence-electron chi connectivity index (χ0n) is 18.5. The van der Waals surface area contributed by atoms with E-state index in [2.05, 4.69) is 10.6 Å². The smallest absolute Gasteiger partial charge is 0.407 e. The minimum atomic E-state index is -1.15. The topological polar surface area (TPSA) is 149 Å². The number of nitrogens with one attached hydrogen (secondary N) is 3. The summed E-state index contributed by atoms with van der Waals surface area (Å²) < 4.78 is 0. The summed E-state index contributed by atoms with van der Waals surface area (Å²) in [6, 6.07) is 14.9. The van der Waals surface area contributed by atoms with Gasteiger partial charge in [0.2, 0.25) is 11.8 Å². The van der Waals surface area contributed by atoms with Gasteiger partial charge in [-0.2, -0.15) is 0 Å². The van der Waals surface area contributed by atoms with Crippen molar-refractivity contribution in [2.45, 2.75) is 44.3 Å². The molecular formula is C24H29N5O4. The minimum absolute atomic E-state index is 0.0328. The predicted octanol–water partition coefficient (Wildman–Crippen LogP) is 2.02. The van der Waals surface area contributed by atoms with Gasteiger partial charge in [-0.25, -0.2) is 4.79 Å². The van der Waals surface area contributed by atoms with E-state index in [1.807, 2.05) is 30.3 Å². The van der Waals surface area contributed by atoms with Crippen LogP contribution < -0.4 is 16.4 Å². The summed E-state index contributed by atoms with van der Waals surface area (Å²) in [5.74, 6) is -0.822. The molecule has 0 saturated carbocycles. The van der Waals surface area contributed by atoms with Gasteiger partial charge in [-0.05, 0) is 36.8 Å². The van der Waals surface area contributed by atoms with E-state index >= 15 is 0 Å². The molecule has 174 valence electrons. The fourth-order valence-electron chi connectivity index (χ4n) is 3.99. The molecule has 3 rings (SSSR count). The van der Waals surface area contributed by atoms with Crippen molar-refractivity contribution in [3.05, 3.63) is 71.3 Å². The number of carbonyl (C=O) groups excluding carboxylic acids is 2. The number of nitrogen functional groups attached to an aromatic ring is 1. The van der Waals surface area contributed by atoms with Crippen molar-refractivity contribution >= 4 is 23.7 Å². The van der Waals surface area contributed by atoms with Gasteiger partial charge < -0.3 is 21.5 Å². The molecule has 9 heteroatoms. The fourth-order valence-corrected chi connectivity index (χ4v) is 3.99. The second-order valence-electron chi connectivity index (χ2n) is 8.18. The van der Waals surface area contributed by atoms with Gasteiger partial charge in [0.15, 0.2) is 0 Å². The zero-order valence-corrected chi connectivity index (χ0v) is 18.5. The molecular weight excluding hydrogens is 422 g/mol. The lowest BCUT2D eigenvalue weighted by Gasteiger charge is -2.37. The first-order valence-electron chi connectivity index (χ1n) is 10.8. The van der Waals surface area contributed by atoms with Crippen molar-refractivity contribution < 1.29 is 19.5 Å². The fraction of sp³-hybridized carbons (Fsp3) is 0.333. The maximum atomic E-state index is 13.0. The summed E-state index contributed by atoms with van der Waals surface area (Å²) in [5.41, 5.74) is 7.92. The monoisotopic (exact) mass is 451 g/mol. The van der Waals surface area contributed by atoms with E-state index in [0.29, 0.717) is 18.4 Å². The van der Waals surface area contributed by atoms with Gasteiger partial charge in [0, 0.05) is 18.7 Å². The van der Waals surface area contributed by atoms with Crippen LogP contribution in [0.2, 0.25) is 0 Å². The molecule has 3 amide bonds. The average Bonchev–Trinajstić information content (AvgIpc) is 2.82. The number of nitrogens with two attached hydrogens (primary N) is 1. The first-order valence-corrected chi connectivity index (χ1v) is 10.8.